The lowest BCUT2D eigenvalue weighted by atomic mass is 10.3. The highest BCUT2D eigenvalue weighted by molar-refractivity contribution is 6.30. The van der Waals surface area contributed by atoms with Gasteiger partial charge < -0.3 is 5.73 Å². The van der Waals surface area contributed by atoms with Crippen molar-refractivity contribution in [2.24, 2.45) is 0 Å². The molecule has 0 fully saturated rings. The first-order valence-electron chi connectivity index (χ1n) is 4.57. The molecule has 0 saturated heterocycles. The van der Waals surface area contributed by atoms with E-state index in [0.717, 1.165) is 0 Å². The van der Waals surface area contributed by atoms with Crippen LogP contribution in [-0.4, -0.2) is 20.8 Å². The minimum Gasteiger partial charge on any atom is -0.380 e. The van der Waals surface area contributed by atoms with Crippen LogP contribution in [0.15, 0.2) is 24.3 Å². The lowest BCUT2D eigenvalue weighted by molar-refractivity contribution is 0.101. The summed E-state index contributed by atoms with van der Waals surface area (Å²) in [6.45, 7) is 1.40. The van der Waals surface area contributed by atoms with Crippen molar-refractivity contribution in [3.8, 4) is 5.69 Å². The Hall–Kier alpha value is -1.88. The van der Waals surface area contributed by atoms with Gasteiger partial charge in [0.1, 0.15) is 0 Å². The van der Waals surface area contributed by atoms with Crippen molar-refractivity contribution in [3.63, 3.8) is 0 Å². The average Bonchev–Trinajstić information content (AvgIpc) is 2.61. The van der Waals surface area contributed by atoms with Crippen LogP contribution in [0.5, 0.6) is 0 Å². The SMILES string of the molecule is CC(=O)c1nn(-c2ccc(Cl)cc2)nc1N. The van der Waals surface area contributed by atoms with Gasteiger partial charge in [0.25, 0.3) is 0 Å². The van der Waals surface area contributed by atoms with E-state index in [-0.39, 0.29) is 17.3 Å². The van der Waals surface area contributed by atoms with E-state index in [1.165, 1.54) is 11.7 Å². The quantitative estimate of drug-likeness (QED) is 0.806. The van der Waals surface area contributed by atoms with Crippen LogP contribution in [0, 0.1) is 0 Å². The van der Waals surface area contributed by atoms with Crippen molar-refractivity contribution in [1.82, 2.24) is 15.0 Å². The van der Waals surface area contributed by atoms with Crippen LogP contribution < -0.4 is 5.73 Å². The van der Waals surface area contributed by atoms with Crippen LogP contribution in [0.25, 0.3) is 5.69 Å². The number of hydrogen-bond acceptors (Lipinski definition) is 4. The zero-order chi connectivity index (χ0) is 11.7. The Morgan fingerprint density at radius 3 is 2.44 bits per heavy atom. The van der Waals surface area contributed by atoms with E-state index in [9.17, 15) is 4.79 Å². The summed E-state index contributed by atoms with van der Waals surface area (Å²) in [5.74, 6) is -0.0832. The third kappa shape index (κ3) is 1.90. The normalized spacial score (nSPS) is 10.4. The van der Waals surface area contributed by atoms with E-state index in [1.807, 2.05) is 0 Å². The lowest BCUT2D eigenvalue weighted by Gasteiger charge is -1.97. The van der Waals surface area contributed by atoms with Crippen LogP contribution in [0.3, 0.4) is 0 Å². The molecule has 0 aliphatic rings. The summed E-state index contributed by atoms with van der Waals surface area (Å²) < 4.78 is 0. The molecule has 1 heterocycles. The van der Waals surface area contributed by atoms with Crippen molar-refractivity contribution in [3.05, 3.63) is 35.0 Å². The van der Waals surface area contributed by atoms with Crippen molar-refractivity contribution in [2.75, 3.05) is 5.73 Å². The number of hydrogen-bond donors (Lipinski definition) is 1. The van der Waals surface area contributed by atoms with Crippen molar-refractivity contribution in [2.45, 2.75) is 6.92 Å². The van der Waals surface area contributed by atoms with E-state index in [2.05, 4.69) is 10.2 Å². The summed E-state index contributed by atoms with van der Waals surface area (Å²) in [4.78, 5) is 12.5. The first kappa shape index (κ1) is 10.6. The highest BCUT2D eigenvalue weighted by Gasteiger charge is 2.12. The molecule has 82 valence electrons. The molecule has 1 aromatic carbocycles. The van der Waals surface area contributed by atoms with Crippen LogP contribution in [0.1, 0.15) is 17.4 Å². The second kappa shape index (κ2) is 3.94. The van der Waals surface area contributed by atoms with Crippen molar-refractivity contribution in [1.29, 1.82) is 0 Å². The van der Waals surface area contributed by atoms with Gasteiger partial charge >= 0.3 is 0 Å². The van der Waals surface area contributed by atoms with Crippen molar-refractivity contribution < 1.29 is 4.79 Å². The molecule has 2 aromatic rings. The minimum absolute atomic E-state index is 0.127. The molecule has 0 bridgehead atoms. The molecule has 0 atom stereocenters. The molecular formula is C10H9ClN4O. The third-order valence-corrected chi connectivity index (χ3v) is 2.28. The fourth-order valence-corrected chi connectivity index (χ4v) is 1.38. The number of nitrogens with two attached hydrogens (primary N) is 1. The van der Waals surface area contributed by atoms with Crippen molar-refractivity contribution >= 4 is 23.2 Å². The van der Waals surface area contributed by atoms with Gasteiger partial charge in [-0.1, -0.05) is 11.6 Å². The largest absolute Gasteiger partial charge is 0.380 e. The third-order valence-electron chi connectivity index (χ3n) is 2.03. The lowest BCUT2D eigenvalue weighted by Crippen LogP contribution is -2.00. The molecule has 0 spiro atoms. The van der Waals surface area contributed by atoms with Gasteiger partial charge in [-0.15, -0.1) is 15.0 Å². The highest BCUT2D eigenvalue weighted by atomic mass is 35.5. The Balaban J connectivity index is 2.45. The number of benzene rings is 1. The molecular weight excluding hydrogens is 228 g/mol. The maximum atomic E-state index is 11.1. The monoisotopic (exact) mass is 236 g/mol. The Morgan fingerprint density at radius 2 is 1.94 bits per heavy atom. The van der Waals surface area contributed by atoms with E-state index < -0.39 is 0 Å². The molecule has 0 unspecified atom stereocenters. The summed E-state index contributed by atoms with van der Waals surface area (Å²) >= 11 is 5.76. The molecule has 0 aliphatic carbocycles. The zero-order valence-electron chi connectivity index (χ0n) is 8.51. The molecule has 2 rings (SSSR count). The number of anilines is 1. The number of carbonyl (C=O) groups excluding carboxylic acids is 1. The van der Waals surface area contributed by atoms with E-state index in [0.29, 0.717) is 10.7 Å². The standard InChI is InChI=1S/C10H9ClN4O/c1-6(16)9-10(12)14-15(13-9)8-4-2-7(11)3-5-8/h2-5H,1H3,(H2,12,14). The minimum atomic E-state index is -0.210. The molecule has 5 nitrogen and oxygen atoms in total. The summed E-state index contributed by atoms with van der Waals surface area (Å²) in [5.41, 5.74) is 6.44. The molecule has 0 amide bonds. The van der Waals surface area contributed by atoms with Crippen LogP contribution >= 0.6 is 11.6 Å². The van der Waals surface area contributed by atoms with E-state index in [1.54, 1.807) is 24.3 Å². The first-order chi connectivity index (χ1) is 7.58. The first-order valence-corrected chi connectivity index (χ1v) is 4.95. The van der Waals surface area contributed by atoms with Gasteiger partial charge in [0, 0.05) is 11.9 Å². The number of Topliss-reactive ketones (excluding diaryl/α,β-unsaturated/α-hetero) is 1. The second-order valence-electron chi connectivity index (χ2n) is 3.26. The smallest absolute Gasteiger partial charge is 0.183 e. The van der Waals surface area contributed by atoms with Gasteiger partial charge in [0.2, 0.25) is 0 Å². The molecule has 16 heavy (non-hydrogen) atoms. The maximum Gasteiger partial charge on any atom is 0.183 e. The van der Waals surface area contributed by atoms with Crippen LogP contribution in [0.2, 0.25) is 5.02 Å². The predicted molar refractivity (Wildman–Crippen MR) is 60.8 cm³/mol. The number of nitrogens with zero attached hydrogens (tertiary/aromatic N) is 3. The van der Waals surface area contributed by atoms with Gasteiger partial charge in [-0.2, -0.15) is 0 Å². The van der Waals surface area contributed by atoms with Gasteiger partial charge in [-0.3, -0.25) is 4.79 Å². The Bertz CT molecular complexity index is 532. The molecule has 0 radical (unpaired) electrons. The number of carbonyl (C=O) groups is 1. The number of rotatable bonds is 2. The molecule has 6 heteroatoms. The summed E-state index contributed by atoms with van der Waals surface area (Å²) in [5, 5.41) is 8.57. The highest BCUT2D eigenvalue weighted by Crippen LogP contribution is 2.14. The Labute approximate surface area is 96.8 Å². The number of aromatic nitrogens is 3. The molecule has 1 aromatic heterocycles. The molecule has 0 saturated carbocycles. The predicted octanol–water partition coefficient (Wildman–Crippen LogP) is 1.71. The fraction of sp³-hybridized carbons (Fsp3) is 0.100. The summed E-state index contributed by atoms with van der Waals surface area (Å²) in [6.07, 6.45) is 0. The number of ketones is 1. The number of halogens is 1. The second-order valence-corrected chi connectivity index (χ2v) is 3.69. The van der Waals surface area contributed by atoms with Crippen LogP contribution in [-0.2, 0) is 0 Å². The Morgan fingerprint density at radius 1 is 1.31 bits per heavy atom. The zero-order valence-corrected chi connectivity index (χ0v) is 9.27. The van der Waals surface area contributed by atoms with Crippen LogP contribution in [0.4, 0.5) is 5.82 Å². The van der Waals surface area contributed by atoms with E-state index >= 15 is 0 Å². The van der Waals surface area contributed by atoms with Gasteiger partial charge in [0.05, 0.1) is 5.69 Å². The fourth-order valence-electron chi connectivity index (χ4n) is 1.26. The summed E-state index contributed by atoms with van der Waals surface area (Å²) in [7, 11) is 0. The van der Waals surface area contributed by atoms with Gasteiger partial charge in [-0.05, 0) is 24.3 Å². The van der Waals surface area contributed by atoms with E-state index in [4.69, 9.17) is 17.3 Å². The average molecular weight is 237 g/mol. The Kier molecular flexibility index (Phi) is 2.62. The molecule has 2 N–H and O–H groups in total. The topological polar surface area (TPSA) is 73.8 Å². The summed E-state index contributed by atoms with van der Waals surface area (Å²) in [6, 6.07) is 6.91. The van der Waals surface area contributed by atoms with Gasteiger partial charge in [0.15, 0.2) is 17.3 Å². The van der Waals surface area contributed by atoms with Gasteiger partial charge in [-0.25, -0.2) is 0 Å². The maximum absolute atomic E-state index is 11.1. The number of nitrogen functional groups attached to an aromatic ring is 1. The molecule has 0 aliphatic heterocycles.